The number of fused-ring (bicyclic) bond motifs is 1. The molecule has 146 valence electrons. The van der Waals surface area contributed by atoms with Gasteiger partial charge in [0, 0.05) is 23.6 Å². The number of thioether (sulfide) groups is 1. The molecule has 29 heavy (non-hydrogen) atoms. The maximum atomic E-state index is 13.2. The SMILES string of the molecule is Cc1ccc(NC(=O)CSc2nccn3nc(-c4ccc(F)cc4)cc23)cc1C. The fourth-order valence-electron chi connectivity index (χ4n) is 2.92. The number of aryl methyl sites for hydroxylation is 2. The Morgan fingerprint density at radius 3 is 2.66 bits per heavy atom. The van der Waals surface area contributed by atoms with Gasteiger partial charge in [0.15, 0.2) is 0 Å². The molecule has 0 aliphatic heterocycles. The molecule has 0 atom stereocenters. The predicted octanol–water partition coefficient (Wildman–Crippen LogP) is 4.88. The molecule has 4 aromatic rings. The number of carbonyl (C=O) groups excluding carboxylic acids is 1. The number of carbonyl (C=O) groups is 1. The van der Waals surface area contributed by atoms with Gasteiger partial charge in [-0.25, -0.2) is 13.9 Å². The Bertz CT molecular complexity index is 1190. The van der Waals surface area contributed by atoms with Crippen LogP contribution in [0, 0.1) is 19.7 Å². The number of nitrogens with zero attached hydrogens (tertiary/aromatic N) is 3. The van der Waals surface area contributed by atoms with E-state index in [-0.39, 0.29) is 17.5 Å². The quantitative estimate of drug-likeness (QED) is 0.480. The molecule has 7 heteroatoms. The zero-order valence-corrected chi connectivity index (χ0v) is 16.8. The Kier molecular flexibility index (Phi) is 5.31. The van der Waals surface area contributed by atoms with E-state index in [9.17, 15) is 9.18 Å². The van der Waals surface area contributed by atoms with E-state index in [0.29, 0.717) is 5.03 Å². The molecular formula is C22H19FN4OS. The first-order valence-electron chi connectivity index (χ1n) is 9.10. The van der Waals surface area contributed by atoms with Crippen molar-refractivity contribution >= 4 is 28.9 Å². The third-order valence-electron chi connectivity index (χ3n) is 4.63. The van der Waals surface area contributed by atoms with Crippen LogP contribution in [-0.4, -0.2) is 26.3 Å². The zero-order valence-electron chi connectivity index (χ0n) is 16.0. The molecule has 0 bridgehead atoms. The smallest absolute Gasteiger partial charge is 0.234 e. The molecule has 1 N–H and O–H groups in total. The summed E-state index contributed by atoms with van der Waals surface area (Å²) in [5.74, 6) is -0.151. The van der Waals surface area contributed by atoms with E-state index in [1.54, 1.807) is 29.0 Å². The molecule has 4 rings (SSSR count). The summed E-state index contributed by atoms with van der Waals surface area (Å²) < 4.78 is 14.9. The minimum absolute atomic E-state index is 0.0969. The lowest BCUT2D eigenvalue weighted by molar-refractivity contribution is -0.113. The maximum absolute atomic E-state index is 13.2. The third-order valence-corrected chi connectivity index (χ3v) is 5.62. The van der Waals surface area contributed by atoms with Crippen LogP contribution in [0.5, 0.6) is 0 Å². The van der Waals surface area contributed by atoms with Crippen LogP contribution in [0.15, 0.2) is 66.0 Å². The van der Waals surface area contributed by atoms with Gasteiger partial charge < -0.3 is 5.32 Å². The third kappa shape index (κ3) is 4.30. The van der Waals surface area contributed by atoms with Crippen LogP contribution in [0.25, 0.3) is 16.8 Å². The summed E-state index contributed by atoms with van der Waals surface area (Å²) in [4.78, 5) is 16.8. The van der Waals surface area contributed by atoms with Crippen molar-refractivity contribution in [1.29, 1.82) is 0 Å². The Labute approximate surface area is 172 Å². The van der Waals surface area contributed by atoms with Crippen molar-refractivity contribution in [3.8, 4) is 11.3 Å². The number of hydrogen-bond donors (Lipinski definition) is 1. The number of halogens is 1. The largest absolute Gasteiger partial charge is 0.325 e. The monoisotopic (exact) mass is 406 g/mol. The minimum atomic E-state index is -0.287. The number of rotatable bonds is 5. The average Bonchev–Trinajstić information content (AvgIpc) is 3.14. The molecule has 0 saturated heterocycles. The lowest BCUT2D eigenvalue weighted by atomic mass is 10.1. The number of anilines is 1. The topological polar surface area (TPSA) is 59.3 Å². The second-order valence-electron chi connectivity index (χ2n) is 6.73. The van der Waals surface area contributed by atoms with Crippen molar-refractivity contribution < 1.29 is 9.18 Å². The summed E-state index contributed by atoms with van der Waals surface area (Å²) in [5.41, 5.74) is 5.45. The number of hydrogen-bond acceptors (Lipinski definition) is 4. The number of aromatic nitrogens is 3. The van der Waals surface area contributed by atoms with E-state index < -0.39 is 0 Å². The molecule has 0 aliphatic rings. The van der Waals surface area contributed by atoms with Gasteiger partial charge >= 0.3 is 0 Å². The molecule has 0 fully saturated rings. The molecular weight excluding hydrogens is 387 g/mol. The molecule has 5 nitrogen and oxygen atoms in total. The highest BCUT2D eigenvalue weighted by Gasteiger charge is 2.12. The lowest BCUT2D eigenvalue weighted by Gasteiger charge is -2.07. The van der Waals surface area contributed by atoms with Crippen LogP contribution in [0.1, 0.15) is 11.1 Å². The first kappa shape index (κ1) is 19.1. The molecule has 0 spiro atoms. The van der Waals surface area contributed by atoms with Crippen LogP contribution in [0.2, 0.25) is 0 Å². The Morgan fingerprint density at radius 1 is 1.10 bits per heavy atom. The molecule has 2 aromatic carbocycles. The highest BCUT2D eigenvalue weighted by atomic mass is 32.2. The maximum Gasteiger partial charge on any atom is 0.234 e. The second-order valence-corrected chi connectivity index (χ2v) is 7.70. The van der Waals surface area contributed by atoms with Crippen molar-refractivity contribution in [3.63, 3.8) is 0 Å². The summed E-state index contributed by atoms with van der Waals surface area (Å²) in [6.07, 6.45) is 3.40. The fourth-order valence-corrected chi connectivity index (χ4v) is 3.70. The molecule has 2 heterocycles. The molecule has 0 saturated carbocycles. The standard InChI is InChI=1S/C22H19FN4OS/c1-14-3-8-18(11-15(14)2)25-21(28)13-29-22-20-12-19(26-27(20)10-9-24-22)16-4-6-17(23)7-5-16/h3-12H,13H2,1-2H3,(H,25,28). The summed E-state index contributed by atoms with van der Waals surface area (Å²) in [5, 5.41) is 8.16. The normalized spacial score (nSPS) is 11.0. The first-order chi connectivity index (χ1) is 14.0. The summed E-state index contributed by atoms with van der Waals surface area (Å²) >= 11 is 1.35. The Hall–Kier alpha value is -3.19. The Morgan fingerprint density at radius 2 is 1.90 bits per heavy atom. The highest BCUT2D eigenvalue weighted by molar-refractivity contribution is 8.00. The Balaban J connectivity index is 1.49. The first-order valence-corrected chi connectivity index (χ1v) is 10.1. The van der Waals surface area contributed by atoms with Gasteiger partial charge in [-0.1, -0.05) is 17.8 Å². The van der Waals surface area contributed by atoms with Crippen molar-refractivity contribution in [2.45, 2.75) is 18.9 Å². The molecule has 2 aromatic heterocycles. The van der Waals surface area contributed by atoms with Crippen molar-refractivity contribution in [3.05, 3.63) is 77.9 Å². The van der Waals surface area contributed by atoms with Gasteiger partial charge in [-0.3, -0.25) is 4.79 Å². The molecule has 0 aliphatic carbocycles. The predicted molar refractivity (Wildman–Crippen MR) is 114 cm³/mol. The van der Waals surface area contributed by atoms with Crippen LogP contribution in [-0.2, 0) is 4.79 Å². The van der Waals surface area contributed by atoms with Crippen LogP contribution >= 0.6 is 11.8 Å². The average molecular weight is 406 g/mol. The molecule has 0 radical (unpaired) electrons. The van der Waals surface area contributed by atoms with Crippen molar-refractivity contribution in [2.75, 3.05) is 11.1 Å². The van der Waals surface area contributed by atoms with Gasteiger partial charge in [-0.05, 0) is 67.4 Å². The van der Waals surface area contributed by atoms with Crippen LogP contribution < -0.4 is 5.32 Å². The number of nitrogens with one attached hydrogen (secondary N) is 1. The van der Waals surface area contributed by atoms with E-state index in [1.165, 1.54) is 29.5 Å². The number of benzene rings is 2. The fraction of sp³-hybridized carbons (Fsp3) is 0.136. The molecule has 0 unspecified atom stereocenters. The van der Waals surface area contributed by atoms with Crippen LogP contribution in [0.3, 0.4) is 0 Å². The minimum Gasteiger partial charge on any atom is -0.325 e. The van der Waals surface area contributed by atoms with E-state index in [1.807, 2.05) is 38.1 Å². The highest BCUT2D eigenvalue weighted by Crippen LogP contribution is 2.26. The van der Waals surface area contributed by atoms with Crippen molar-refractivity contribution in [2.24, 2.45) is 0 Å². The lowest BCUT2D eigenvalue weighted by Crippen LogP contribution is -2.14. The van der Waals surface area contributed by atoms with Gasteiger partial charge in [0.1, 0.15) is 10.8 Å². The van der Waals surface area contributed by atoms with Gasteiger partial charge in [0.05, 0.1) is 17.0 Å². The zero-order chi connectivity index (χ0) is 20.4. The van der Waals surface area contributed by atoms with Gasteiger partial charge in [-0.2, -0.15) is 5.10 Å². The second kappa shape index (κ2) is 8.05. The van der Waals surface area contributed by atoms with Gasteiger partial charge in [0.25, 0.3) is 0 Å². The summed E-state index contributed by atoms with van der Waals surface area (Å²) in [6.45, 7) is 4.05. The number of amides is 1. The van der Waals surface area contributed by atoms with E-state index >= 15 is 0 Å². The van der Waals surface area contributed by atoms with E-state index in [4.69, 9.17) is 0 Å². The van der Waals surface area contributed by atoms with Crippen molar-refractivity contribution in [1.82, 2.24) is 14.6 Å². The van der Waals surface area contributed by atoms with Crippen LogP contribution in [0.4, 0.5) is 10.1 Å². The van der Waals surface area contributed by atoms with E-state index in [0.717, 1.165) is 28.0 Å². The van der Waals surface area contributed by atoms with Gasteiger partial charge in [-0.15, -0.1) is 0 Å². The van der Waals surface area contributed by atoms with Gasteiger partial charge in [0.2, 0.25) is 5.91 Å². The van der Waals surface area contributed by atoms with E-state index in [2.05, 4.69) is 15.4 Å². The molecule has 1 amide bonds. The summed E-state index contributed by atoms with van der Waals surface area (Å²) in [7, 11) is 0. The summed E-state index contributed by atoms with van der Waals surface area (Å²) in [6, 6.07) is 13.9.